The molecule has 3 rings (SSSR count). The Morgan fingerprint density at radius 3 is 2.03 bits per heavy atom. The molecule has 0 aromatic heterocycles. The van der Waals surface area contributed by atoms with Gasteiger partial charge in [0.1, 0.15) is 5.75 Å². The number of nitriles is 1. The summed E-state index contributed by atoms with van der Waals surface area (Å²) in [6, 6.07) is 17.8. The minimum absolute atomic E-state index is 0.0372. The number of esters is 1. The van der Waals surface area contributed by atoms with Gasteiger partial charge in [-0.2, -0.15) is 5.26 Å². The maximum atomic E-state index is 13.0. The predicted molar refractivity (Wildman–Crippen MR) is 157 cm³/mol. The first kappa shape index (κ1) is 29.9. The zero-order chi connectivity index (χ0) is 26.8. The van der Waals surface area contributed by atoms with Gasteiger partial charge >= 0.3 is 5.97 Å². The van der Waals surface area contributed by atoms with Gasteiger partial charge in [-0.3, -0.25) is 4.79 Å². The minimum Gasteiger partial charge on any atom is -0.426 e. The van der Waals surface area contributed by atoms with Crippen LogP contribution in [0.2, 0.25) is 0 Å². The van der Waals surface area contributed by atoms with Gasteiger partial charge in [0.25, 0.3) is 0 Å². The van der Waals surface area contributed by atoms with Crippen LogP contribution < -0.4 is 4.74 Å². The molecule has 1 saturated carbocycles. The lowest BCUT2D eigenvalue weighted by molar-refractivity contribution is -0.140. The fraction of sp³-hybridized carbons (Fsp3) is 0.600. The number of hydrogen-bond acceptors (Lipinski definition) is 3. The molecule has 0 N–H and O–H groups in total. The van der Waals surface area contributed by atoms with Crippen molar-refractivity contribution in [3.63, 3.8) is 0 Å². The number of benzene rings is 2. The van der Waals surface area contributed by atoms with E-state index in [2.05, 4.69) is 19.1 Å². The number of ether oxygens (including phenoxy) is 1. The van der Waals surface area contributed by atoms with E-state index in [4.69, 9.17) is 10.00 Å². The third kappa shape index (κ3) is 11.0. The van der Waals surface area contributed by atoms with E-state index in [9.17, 15) is 4.79 Å². The highest BCUT2D eigenvalue weighted by Gasteiger charge is 2.28. The SMILES string of the molecule is CCCCCCCCCCCCCC1CCC(C(=O)Oc2ccccc2CCc2ccc(C#N)cc2)CC1. The van der Waals surface area contributed by atoms with Crippen molar-refractivity contribution in [2.24, 2.45) is 11.8 Å². The highest BCUT2D eigenvalue weighted by atomic mass is 16.5. The van der Waals surface area contributed by atoms with Crippen LogP contribution in [0.5, 0.6) is 5.75 Å². The van der Waals surface area contributed by atoms with E-state index in [1.807, 2.05) is 42.5 Å². The molecule has 0 heterocycles. The Labute approximate surface area is 232 Å². The molecule has 1 fully saturated rings. The standard InChI is InChI=1S/C35H49NO2/c1-2-3-4-5-6-7-8-9-10-11-12-15-29-23-26-33(27-24-29)35(37)38-34-17-14-13-16-32(34)25-22-30-18-20-31(28-36)21-19-30/h13-14,16-21,29,33H,2-12,15,22-27H2,1H3. The molecular weight excluding hydrogens is 466 g/mol. The zero-order valence-corrected chi connectivity index (χ0v) is 23.8. The van der Waals surface area contributed by atoms with Crippen LogP contribution >= 0.6 is 0 Å². The van der Waals surface area contributed by atoms with Crippen molar-refractivity contribution in [3.05, 3.63) is 65.2 Å². The highest BCUT2D eigenvalue weighted by molar-refractivity contribution is 5.75. The molecule has 0 radical (unpaired) electrons. The van der Waals surface area contributed by atoms with E-state index >= 15 is 0 Å². The summed E-state index contributed by atoms with van der Waals surface area (Å²) in [5, 5.41) is 8.99. The number of para-hydroxylation sites is 1. The topological polar surface area (TPSA) is 50.1 Å². The van der Waals surface area contributed by atoms with E-state index in [0.717, 1.165) is 50.0 Å². The Kier molecular flexibility index (Phi) is 14.0. The molecular formula is C35H49NO2. The molecule has 0 aliphatic heterocycles. The number of aryl methyl sites for hydroxylation is 2. The van der Waals surface area contributed by atoms with Crippen molar-refractivity contribution in [1.82, 2.24) is 0 Å². The Morgan fingerprint density at radius 1 is 0.789 bits per heavy atom. The number of rotatable bonds is 17. The van der Waals surface area contributed by atoms with Crippen molar-refractivity contribution < 1.29 is 9.53 Å². The molecule has 2 aromatic rings. The van der Waals surface area contributed by atoms with Crippen LogP contribution in [0.1, 0.15) is 126 Å². The summed E-state index contributed by atoms with van der Waals surface area (Å²) in [5.74, 6) is 1.48. The average molecular weight is 516 g/mol. The van der Waals surface area contributed by atoms with Crippen LogP contribution in [0.3, 0.4) is 0 Å². The van der Waals surface area contributed by atoms with E-state index in [-0.39, 0.29) is 11.9 Å². The summed E-state index contributed by atoms with van der Waals surface area (Å²) in [5.41, 5.74) is 2.92. The molecule has 3 heteroatoms. The summed E-state index contributed by atoms with van der Waals surface area (Å²) in [7, 11) is 0. The number of carbonyl (C=O) groups is 1. The molecule has 2 aromatic carbocycles. The van der Waals surface area contributed by atoms with Crippen molar-refractivity contribution in [3.8, 4) is 11.8 Å². The van der Waals surface area contributed by atoms with Crippen molar-refractivity contribution >= 4 is 5.97 Å². The summed E-state index contributed by atoms with van der Waals surface area (Å²) in [6.45, 7) is 2.28. The number of unbranched alkanes of at least 4 members (excludes halogenated alkanes) is 10. The highest BCUT2D eigenvalue weighted by Crippen LogP contribution is 2.33. The molecule has 0 unspecified atom stereocenters. The fourth-order valence-corrected chi connectivity index (χ4v) is 5.81. The van der Waals surface area contributed by atoms with E-state index < -0.39 is 0 Å². The molecule has 3 nitrogen and oxygen atoms in total. The lowest BCUT2D eigenvalue weighted by Crippen LogP contribution is -2.26. The van der Waals surface area contributed by atoms with Crippen molar-refractivity contribution in [1.29, 1.82) is 5.26 Å². The first-order chi connectivity index (χ1) is 18.7. The quantitative estimate of drug-likeness (QED) is 0.120. The van der Waals surface area contributed by atoms with Gasteiger partial charge in [0, 0.05) is 0 Å². The molecule has 1 aliphatic rings. The zero-order valence-electron chi connectivity index (χ0n) is 23.8. The molecule has 1 aliphatic carbocycles. The Bertz CT molecular complexity index is 966. The largest absolute Gasteiger partial charge is 0.426 e. The molecule has 206 valence electrons. The van der Waals surface area contributed by atoms with Gasteiger partial charge in [0.05, 0.1) is 17.6 Å². The van der Waals surface area contributed by atoms with Gasteiger partial charge in [-0.05, 0) is 73.8 Å². The van der Waals surface area contributed by atoms with Crippen molar-refractivity contribution in [2.75, 3.05) is 0 Å². The normalized spacial score (nSPS) is 17.2. The summed E-state index contributed by atoms with van der Waals surface area (Å²) < 4.78 is 5.94. The van der Waals surface area contributed by atoms with Gasteiger partial charge in [0.15, 0.2) is 0 Å². The summed E-state index contributed by atoms with van der Waals surface area (Å²) in [6.07, 6.45) is 22.6. The van der Waals surface area contributed by atoms with Crippen LogP contribution in [0, 0.1) is 23.2 Å². The first-order valence-electron chi connectivity index (χ1n) is 15.5. The second-order valence-electron chi connectivity index (χ2n) is 11.4. The maximum Gasteiger partial charge on any atom is 0.314 e. The number of carbonyl (C=O) groups excluding carboxylic acids is 1. The third-order valence-electron chi connectivity index (χ3n) is 8.35. The van der Waals surface area contributed by atoms with Crippen LogP contribution in [0.25, 0.3) is 0 Å². The van der Waals surface area contributed by atoms with E-state index in [0.29, 0.717) is 11.3 Å². The van der Waals surface area contributed by atoms with E-state index in [1.54, 1.807) is 0 Å². The van der Waals surface area contributed by atoms with Gasteiger partial charge in [-0.1, -0.05) is 114 Å². The van der Waals surface area contributed by atoms with Crippen LogP contribution in [-0.4, -0.2) is 5.97 Å². The van der Waals surface area contributed by atoms with Gasteiger partial charge in [-0.15, -0.1) is 0 Å². The maximum absolute atomic E-state index is 13.0. The van der Waals surface area contributed by atoms with Crippen LogP contribution in [-0.2, 0) is 17.6 Å². The van der Waals surface area contributed by atoms with Gasteiger partial charge in [0.2, 0.25) is 0 Å². The molecule has 0 atom stereocenters. The number of hydrogen-bond donors (Lipinski definition) is 0. The Balaban J connectivity index is 1.29. The number of nitrogens with zero attached hydrogens (tertiary/aromatic N) is 1. The predicted octanol–water partition coefficient (Wildman–Crippen LogP) is 9.76. The third-order valence-corrected chi connectivity index (χ3v) is 8.35. The molecule has 0 amide bonds. The Hall–Kier alpha value is -2.60. The minimum atomic E-state index is -0.0519. The monoisotopic (exact) mass is 515 g/mol. The van der Waals surface area contributed by atoms with Crippen LogP contribution in [0.15, 0.2) is 48.5 Å². The van der Waals surface area contributed by atoms with Crippen molar-refractivity contribution in [2.45, 2.75) is 122 Å². The second-order valence-corrected chi connectivity index (χ2v) is 11.4. The molecule has 0 saturated heterocycles. The summed E-state index contributed by atoms with van der Waals surface area (Å²) in [4.78, 5) is 13.0. The van der Waals surface area contributed by atoms with Gasteiger partial charge < -0.3 is 4.74 Å². The lowest BCUT2D eigenvalue weighted by atomic mass is 9.79. The lowest BCUT2D eigenvalue weighted by Gasteiger charge is -2.27. The molecule has 0 spiro atoms. The second kappa shape index (κ2) is 17.8. The Morgan fingerprint density at radius 2 is 1.39 bits per heavy atom. The van der Waals surface area contributed by atoms with Crippen LogP contribution in [0.4, 0.5) is 0 Å². The smallest absolute Gasteiger partial charge is 0.314 e. The average Bonchev–Trinajstić information content (AvgIpc) is 2.96. The fourth-order valence-electron chi connectivity index (χ4n) is 5.81. The first-order valence-corrected chi connectivity index (χ1v) is 15.5. The summed E-state index contributed by atoms with van der Waals surface area (Å²) >= 11 is 0. The molecule has 38 heavy (non-hydrogen) atoms. The van der Waals surface area contributed by atoms with Gasteiger partial charge in [-0.25, -0.2) is 0 Å². The van der Waals surface area contributed by atoms with E-state index in [1.165, 1.54) is 82.6 Å². The molecule has 0 bridgehead atoms.